The van der Waals surface area contributed by atoms with Crippen LogP contribution >= 0.6 is 23.4 Å². The minimum absolute atomic E-state index is 0.110. The van der Waals surface area contributed by atoms with E-state index in [4.69, 9.17) is 16.3 Å². The molecular formula is C27H24ClN5O4S. The van der Waals surface area contributed by atoms with Gasteiger partial charge in [0.15, 0.2) is 5.17 Å². The third kappa shape index (κ3) is 4.61. The number of hydrogen-bond donors (Lipinski definition) is 1. The van der Waals surface area contributed by atoms with E-state index in [1.807, 2.05) is 40.6 Å². The van der Waals surface area contributed by atoms with Crippen molar-refractivity contribution in [1.82, 2.24) is 10.2 Å². The van der Waals surface area contributed by atoms with E-state index >= 15 is 0 Å². The fourth-order valence-electron chi connectivity index (χ4n) is 4.60. The largest absolute Gasteiger partial charge is 0.462 e. The molecule has 0 aliphatic carbocycles. The molecule has 2 aromatic rings. The highest BCUT2D eigenvalue weighted by molar-refractivity contribution is 8.16. The number of carbonyl (C=O) groups is 3. The van der Waals surface area contributed by atoms with Crippen molar-refractivity contribution in [3.8, 4) is 0 Å². The highest BCUT2D eigenvalue weighted by Crippen LogP contribution is 2.47. The zero-order chi connectivity index (χ0) is 27.0. The lowest BCUT2D eigenvalue weighted by atomic mass is 9.92. The first-order chi connectivity index (χ1) is 18.3. The number of thioether (sulfide) groups is 1. The molecule has 11 heteroatoms. The number of amidine groups is 1. The fourth-order valence-corrected chi connectivity index (χ4v) is 5.67. The number of nitrogens with zero attached hydrogens (tertiary/aromatic N) is 4. The molecule has 0 radical (unpaired) electrons. The van der Waals surface area contributed by atoms with Crippen molar-refractivity contribution >= 4 is 57.7 Å². The molecule has 0 saturated heterocycles. The standard InChI is InChI=1S/C27H24ClN5O4S/c1-4-37-26(36)22-23(17-10-12-18(28)13-11-17)32-20(14-38-27(32)30-24(22)29-16(3)34)21-15(2)31-33(25(21)35)19-8-6-5-7-9-19/h5-14,21,23H,4H2,1-3H3,(H,29,34). The van der Waals surface area contributed by atoms with Crippen LogP contribution in [0.1, 0.15) is 32.4 Å². The summed E-state index contributed by atoms with van der Waals surface area (Å²) in [6.45, 7) is 4.99. The topological polar surface area (TPSA) is 104 Å². The van der Waals surface area contributed by atoms with Crippen LogP contribution in [0.15, 0.2) is 87.2 Å². The van der Waals surface area contributed by atoms with E-state index in [0.29, 0.717) is 32.8 Å². The van der Waals surface area contributed by atoms with Crippen molar-refractivity contribution in [3.63, 3.8) is 0 Å². The van der Waals surface area contributed by atoms with Crippen LogP contribution in [0, 0.1) is 5.92 Å². The van der Waals surface area contributed by atoms with Crippen LogP contribution in [0.2, 0.25) is 5.02 Å². The Kier molecular flexibility index (Phi) is 7.09. The Morgan fingerprint density at radius 3 is 2.50 bits per heavy atom. The first-order valence-corrected chi connectivity index (χ1v) is 13.2. The number of ether oxygens (including phenoxy) is 1. The number of hydrogen-bond acceptors (Lipinski definition) is 8. The summed E-state index contributed by atoms with van der Waals surface area (Å²) in [5, 5.41) is 11.5. The zero-order valence-corrected chi connectivity index (χ0v) is 22.4. The fraction of sp³-hybridized carbons (Fsp3) is 0.222. The summed E-state index contributed by atoms with van der Waals surface area (Å²) in [6.07, 6.45) is 0. The van der Waals surface area contributed by atoms with Gasteiger partial charge in [0, 0.05) is 17.6 Å². The molecule has 9 nitrogen and oxygen atoms in total. The minimum atomic E-state index is -0.742. The number of benzene rings is 2. The Morgan fingerprint density at radius 1 is 1.13 bits per heavy atom. The molecule has 38 heavy (non-hydrogen) atoms. The number of anilines is 1. The third-order valence-corrected chi connectivity index (χ3v) is 7.28. The van der Waals surface area contributed by atoms with Crippen molar-refractivity contribution in [2.24, 2.45) is 16.0 Å². The molecule has 3 aliphatic heterocycles. The molecule has 0 saturated carbocycles. The zero-order valence-electron chi connectivity index (χ0n) is 20.8. The number of hydrazone groups is 1. The number of carbonyl (C=O) groups excluding carboxylic acids is 3. The van der Waals surface area contributed by atoms with Crippen LogP contribution in [0.5, 0.6) is 0 Å². The lowest BCUT2D eigenvalue weighted by molar-refractivity contribution is -0.139. The summed E-state index contributed by atoms with van der Waals surface area (Å²) >= 11 is 7.48. The van der Waals surface area contributed by atoms with Crippen LogP contribution in [-0.4, -0.2) is 40.2 Å². The van der Waals surface area contributed by atoms with Crippen molar-refractivity contribution in [2.75, 3.05) is 11.6 Å². The Balaban J connectivity index is 1.62. The molecular weight excluding hydrogens is 526 g/mol. The number of aliphatic imine (C=N–C) groups is 1. The molecule has 1 N–H and O–H groups in total. The van der Waals surface area contributed by atoms with E-state index < -0.39 is 17.9 Å². The Bertz CT molecular complexity index is 1440. The summed E-state index contributed by atoms with van der Waals surface area (Å²) in [5.74, 6) is -1.80. The summed E-state index contributed by atoms with van der Waals surface area (Å²) in [7, 11) is 0. The van der Waals surface area contributed by atoms with Gasteiger partial charge in [-0.15, -0.1) is 0 Å². The molecule has 194 valence electrons. The number of halogens is 1. The lowest BCUT2D eigenvalue weighted by Crippen LogP contribution is -2.43. The van der Waals surface area contributed by atoms with Crippen LogP contribution in [-0.2, 0) is 19.1 Å². The summed E-state index contributed by atoms with van der Waals surface area (Å²) < 4.78 is 5.40. The Hall–Kier alpha value is -3.89. The van der Waals surface area contributed by atoms with Crippen molar-refractivity contribution in [1.29, 1.82) is 0 Å². The van der Waals surface area contributed by atoms with E-state index in [-0.39, 0.29) is 29.8 Å². The summed E-state index contributed by atoms with van der Waals surface area (Å²) in [6, 6.07) is 15.5. The molecule has 0 aromatic heterocycles. The van der Waals surface area contributed by atoms with Gasteiger partial charge in [-0.2, -0.15) is 10.1 Å². The van der Waals surface area contributed by atoms with Gasteiger partial charge in [-0.3, -0.25) is 9.59 Å². The molecule has 0 bridgehead atoms. The number of fused-ring (bicyclic) bond motifs is 1. The lowest BCUT2D eigenvalue weighted by Gasteiger charge is -2.37. The van der Waals surface area contributed by atoms with E-state index in [1.165, 1.54) is 23.7 Å². The van der Waals surface area contributed by atoms with Crippen LogP contribution in [0.4, 0.5) is 5.69 Å². The number of nitrogens with one attached hydrogen (secondary N) is 1. The van der Waals surface area contributed by atoms with Gasteiger partial charge in [-0.25, -0.2) is 9.79 Å². The van der Waals surface area contributed by atoms with Crippen LogP contribution in [0.3, 0.4) is 0 Å². The molecule has 2 amide bonds. The van der Waals surface area contributed by atoms with Gasteiger partial charge in [0.05, 0.1) is 24.0 Å². The van der Waals surface area contributed by atoms with E-state index in [9.17, 15) is 14.4 Å². The van der Waals surface area contributed by atoms with Gasteiger partial charge in [0.25, 0.3) is 5.91 Å². The molecule has 3 aliphatic rings. The highest BCUT2D eigenvalue weighted by Gasteiger charge is 2.48. The number of amides is 2. The van der Waals surface area contributed by atoms with Crippen LogP contribution in [0.25, 0.3) is 0 Å². The molecule has 3 heterocycles. The maximum atomic E-state index is 13.7. The SMILES string of the molecule is CCOC(=O)C1=C(NC(C)=O)N=C2SC=C(C3C(=O)N(c4ccccc4)N=C3C)N2C1c1ccc(Cl)cc1. The van der Waals surface area contributed by atoms with Crippen molar-refractivity contribution in [3.05, 3.63) is 87.7 Å². The molecule has 2 unspecified atom stereocenters. The second-order valence-electron chi connectivity index (χ2n) is 8.70. The van der Waals surface area contributed by atoms with Gasteiger partial charge in [0.2, 0.25) is 5.91 Å². The van der Waals surface area contributed by atoms with E-state index in [1.54, 1.807) is 38.1 Å². The van der Waals surface area contributed by atoms with Gasteiger partial charge in [-0.05, 0) is 49.1 Å². The van der Waals surface area contributed by atoms with Crippen LogP contribution < -0.4 is 10.3 Å². The maximum absolute atomic E-state index is 13.7. The quantitative estimate of drug-likeness (QED) is 0.529. The van der Waals surface area contributed by atoms with Gasteiger partial charge < -0.3 is 15.0 Å². The van der Waals surface area contributed by atoms with Gasteiger partial charge >= 0.3 is 5.97 Å². The highest BCUT2D eigenvalue weighted by atomic mass is 35.5. The average molecular weight is 550 g/mol. The maximum Gasteiger partial charge on any atom is 0.340 e. The number of rotatable bonds is 6. The molecule has 0 spiro atoms. The third-order valence-electron chi connectivity index (χ3n) is 6.17. The first-order valence-electron chi connectivity index (χ1n) is 11.9. The molecule has 0 fully saturated rings. The smallest absolute Gasteiger partial charge is 0.340 e. The van der Waals surface area contributed by atoms with Gasteiger partial charge in [0.1, 0.15) is 17.3 Å². The monoisotopic (exact) mass is 549 g/mol. The second kappa shape index (κ2) is 10.5. The molecule has 5 rings (SSSR count). The summed E-state index contributed by atoms with van der Waals surface area (Å²) in [4.78, 5) is 45.6. The first kappa shape index (κ1) is 25.7. The molecule has 2 aromatic carbocycles. The number of esters is 1. The Morgan fingerprint density at radius 2 is 1.84 bits per heavy atom. The average Bonchev–Trinajstić information content (AvgIpc) is 3.43. The predicted molar refractivity (Wildman–Crippen MR) is 147 cm³/mol. The van der Waals surface area contributed by atoms with E-state index in [2.05, 4.69) is 15.4 Å². The van der Waals surface area contributed by atoms with Crippen molar-refractivity contribution in [2.45, 2.75) is 26.8 Å². The Labute approximate surface area is 228 Å². The van der Waals surface area contributed by atoms with Crippen molar-refractivity contribution < 1.29 is 19.1 Å². The second-order valence-corrected chi connectivity index (χ2v) is 9.98. The number of para-hydroxylation sites is 1. The molecule has 2 atom stereocenters. The predicted octanol–water partition coefficient (Wildman–Crippen LogP) is 4.59. The minimum Gasteiger partial charge on any atom is -0.462 e. The van der Waals surface area contributed by atoms with E-state index in [0.717, 1.165) is 0 Å². The summed E-state index contributed by atoms with van der Waals surface area (Å²) in [5.41, 5.74) is 2.76. The van der Waals surface area contributed by atoms with Gasteiger partial charge in [-0.1, -0.05) is 53.7 Å². The normalized spacial score (nSPS) is 20.6.